The number of rotatable bonds is 6. The van der Waals surface area contributed by atoms with Gasteiger partial charge in [-0.25, -0.2) is 9.67 Å². The van der Waals surface area contributed by atoms with Crippen LogP contribution in [0.5, 0.6) is 0 Å². The smallest absolute Gasteiger partial charge is 0.261 e. The van der Waals surface area contributed by atoms with Crippen molar-refractivity contribution in [3.63, 3.8) is 0 Å². The monoisotopic (exact) mass is 401 g/mol. The molecule has 30 heavy (non-hydrogen) atoms. The Hall–Kier alpha value is -3.74. The molecule has 0 unspecified atom stereocenters. The van der Waals surface area contributed by atoms with Gasteiger partial charge in [-0.05, 0) is 24.3 Å². The van der Waals surface area contributed by atoms with Gasteiger partial charge >= 0.3 is 0 Å². The second kappa shape index (κ2) is 8.32. The van der Waals surface area contributed by atoms with E-state index in [2.05, 4.69) is 10.1 Å². The Balaban J connectivity index is 1.41. The number of fused-ring (bicyclic) bond motifs is 1. The molecule has 0 fully saturated rings. The molecule has 1 amide bonds. The Morgan fingerprint density at radius 1 is 1.07 bits per heavy atom. The van der Waals surface area contributed by atoms with E-state index in [0.29, 0.717) is 29.7 Å². The Bertz CT molecular complexity index is 1240. The van der Waals surface area contributed by atoms with Gasteiger partial charge in [0.25, 0.3) is 5.56 Å². The van der Waals surface area contributed by atoms with Crippen molar-refractivity contribution in [2.24, 2.45) is 7.05 Å². The lowest BCUT2D eigenvalue weighted by Gasteiger charge is -2.16. The molecule has 2 aromatic carbocycles. The van der Waals surface area contributed by atoms with Crippen molar-refractivity contribution in [3.05, 3.63) is 88.7 Å². The zero-order valence-electron chi connectivity index (χ0n) is 17.0. The highest BCUT2D eigenvalue weighted by Gasteiger charge is 2.14. The average molecular weight is 401 g/mol. The molecule has 0 bridgehead atoms. The normalized spacial score (nSPS) is 11.0. The maximum atomic E-state index is 12.6. The molecule has 0 aliphatic heterocycles. The van der Waals surface area contributed by atoms with E-state index in [0.717, 1.165) is 11.3 Å². The number of para-hydroxylation sites is 2. The summed E-state index contributed by atoms with van der Waals surface area (Å²) in [6.07, 6.45) is 4.38. The first kappa shape index (κ1) is 19.6. The lowest BCUT2D eigenvalue weighted by Crippen LogP contribution is -2.28. The highest BCUT2D eigenvalue weighted by atomic mass is 16.2. The van der Waals surface area contributed by atoms with Crippen LogP contribution < -0.4 is 5.56 Å². The molecule has 0 aliphatic rings. The standard InChI is InChI=1S/C23H23N5O2/c1-26(15-17-14-24-28(16-17)18-8-4-3-5-9-18)22(29)13-12-21-25-20-11-7-6-10-19(20)23(30)27(21)2/h3-11,14,16H,12-13,15H2,1-2H3. The van der Waals surface area contributed by atoms with Crippen LogP contribution in [0.4, 0.5) is 0 Å². The third kappa shape index (κ3) is 4.00. The van der Waals surface area contributed by atoms with Crippen LogP contribution in [0, 0.1) is 0 Å². The van der Waals surface area contributed by atoms with Crippen molar-refractivity contribution >= 4 is 16.8 Å². The summed E-state index contributed by atoms with van der Waals surface area (Å²) in [6, 6.07) is 17.1. The molecule has 0 radical (unpaired) electrons. The van der Waals surface area contributed by atoms with Crippen molar-refractivity contribution in [1.82, 2.24) is 24.2 Å². The summed E-state index contributed by atoms with van der Waals surface area (Å²) in [7, 11) is 3.47. The van der Waals surface area contributed by atoms with Crippen molar-refractivity contribution in [2.45, 2.75) is 19.4 Å². The molecule has 4 rings (SSSR count). The van der Waals surface area contributed by atoms with Gasteiger partial charge in [0.15, 0.2) is 0 Å². The Labute approximate surface area is 174 Å². The first-order valence-corrected chi connectivity index (χ1v) is 9.80. The number of nitrogens with zero attached hydrogens (tertiary/aromatic N) is 5. The molecule has 0 spiro atoms. The molecule has 0 saturated carbocycles. The van der Waals surface area contributed by atoms with E-state index in [1.807, 2.05) is 54.7 Å². The molecule has 0 aliphatic carbocycles. The van der Waals surface area contributed by atoms with Crippen LogP contribution in [0.25, 0.3) is 16.6 Å². The highest BCUT2D eigenvalue weighted by molar-refractivity contribution is 5.78. The third-order valence-electron chi connectivity index (χ3n) is 5.14. The zero-order valence-corrected chi connectivity index (χ0v) is 17.0. The van der Waals surface area contributed by atoms with Gasteiger partial charge in [0.1, 0.15) is 5.82 Å². The minimum absolute atomic E-state index is 0.00938. The first-order valence-electron chi connectivity index (χ1n) is 9.80. The molecule has 4 aromatic rings. The minimum Gasteiger partial charge on any atom is -0.341 e. The molecule has 2 aromatic heterocycles. The summed E-state index contributed by atoms with van der Waals surface area (Å²) < 4.78 is 3.32. The Morgan fingerprint density at radius 2 is 1.80 bits per heavy atom. The molecular formula is C23H23N5O2. The van der Waals surface area contributed by atoms with Gasteiger partial charge in [-0.2, -0.15) is 5.10 Å². The van der Waals surface area contributed by atoms with Crippen LogP contribution in [-0.2, 0) is 24.8 Å². The third-order valence-corrected chi connectivity index (χ3v) is 5.14. The van der Waals surface area contributed by atoms with E-state index in [9.17, 15) is 9.59 Å². The van der Waals surface area contributed by atoms with Crippen molar-refractivity contribution in [1.29, 1.82) is 0 Å². The van der Waals surface area contributed by atoms with E-state index >= 15 is 0 Å². The molecule has 7 nitrogen and oxygen atoms in total. The van der Waals surface area contributed by atoms with Crippen molar-refractivity contribution < 1.29 is 4.79 Å². The fourth-order valence-corrected chi connectivity index (χ4v) is 3.42. The van der Waals surface area contributed by atoms with E-state index in [1.165, 1.54) is 4.57 Å². The largest absolute Gasteiger partial charge is 0.341 e. The summed E-state index contributed by atoms with van der Waals surface area (Å²) >= 11 is 0. The summed E-state index contributed by atoms with van der Waals surface area (Å²) in [4.78, 5) is 31.4. The van der Waals surface area contributed by atoms with E-state index in [4.69, 9.17) is 0 Å². The van der Waals surface area contributed by atoms with Gasteiger partial charge in [0.05, 0.1) is 22.8 Å². The van der Waals surface area contributed by atoms with E-state index in [-0.39, 0.29) is 17.9 Å². The first-order chi connectivity index (χ1) is 14.5. The lowest BCUT2D eigenvalue weighted by molar-refractivity contribution is -0.130. The molecule has 152 valence electrons. The van der Waals surface area contributed by atoms with Gasteiger partial charge in [-0.15, -0.1) is 0 Å². The molecule has 0 saturated heterocycles. The molecule has 0 atom stereocenters. The van der Waals surface area contributed by atoms with Crippen LogP contribution in [0.15, 0.2) is 71.8 Å². The number of hydrogen-bond donors (Lipinski definition) is 0. The number of carbonyl (C=O) groups excluding carboxylic acids is 1. The number of aryl methyl sites for hydroxylation is 1. The van der Waals surface area contributed by atoms with Gasteiger partial charge in [0.2, 0.25) is 5.91 Å². The highest BCUT2D eigenvalue weighted by Crippen LogP contribution is 2.11. The summed E-state index contributed by atoms with van der Waals surface area (Å²) in [5, 5.41) is 4.96. The Morgan fingerprint density at radius 3 is 2.60 bits per heavy atom. The van der Waals surface area contributed by atoms with Crippen molar-refractivity contribution in [3.8, 4) is 5.69 Å². The topological polar surface area (TPSA) is 73.0 Å². The molecular weight excluding hydrogens is 378 g/mol. The predicted molar refractivity (Wildman–Crippen MR) is 115 cm³/mol. The number of hydrogen-bond acceptors (Lipinski definition) is 4. The van der Waals surface area contributed by atoms with Gasteiger partial charge in [-0.1, -0.05) is 30.3 Å². The molecule has 2 heterocycles. The second-order valence-corrected chi connectivity index (χ2v) is 7.29. The van der Waals surface area contributed by atoms with E-state index < -0.39 is 0 Å². The minimum atomic E-state index is -0.0928. The van der Waals surface area contributed by atoms with Gasteiger partial charge < -0.3 is 4.90 Å². The number of amides is 1. The SMILES string of the molecule is CN(Cc1cnn(-c2ccccc2)c1)C(=O)CCc1nc2ccccc2c(=O)n1C. The van der Waals surface area contributed by atoms with Crippen LogP contribution in [0.1, 0.15) is 17.8 Å². The average Bonchev–Trinajstić information content (AvgIpc) is 3.24. The molecule has 0 N–H and O–H groups in total. The fourth-order valence-electron chi connectivity index (χ4n) is 3.42. The fraction of sp³-hybridized carbons (Fsp3) is 0.217. The van der Waals surface area contributed by atoms with E-state index in [1.54, 1.807) is 35.9 Å². The summed E-state index contributed by atoms with van der Waals surface area (Å²) in [6.45, 7) is 0.468. The second-order valence-electron chi connectivity index (χ2n) is 7.29. The van der Waals surface area contributed by atoms with Crippen LogP contribution >= 0.6 is 0 Å². The Kier molecular flexibility index (Phi) is 5.43. The summed E-state index contributed by atoms with van der Waals surface area (Å²) in [5.74, 6) is 0.599. The van der Waals surface area contributed by atoms with Crippen LogP contribution in [0.3, 0.4) is 0 Å². The maximum absolute atomic E-state index is 12.6. The molecule has 7 heteroatoms. The number of aromatic nitrogens is 4. The lowest BCUT2D eigenvalue weighted by atomic mass is 10.2. The zero-order chi connectivity index (χ0) is 21.1. The quantitative estimate of drug-likeness (QED) is 0.498. The maximum Gasteiger partial charge on any atom is 0.261 e. The summed E-state index contributed by atoms with van der Waals surface area (Å²) in [5.41, 5.74) is 2.49. The van der Waals surface area contributed by atoms with Crippen LogP contribution in [0.2, 0.25) is 0 Å². The number of benzene rings is 2. The van der Waals surface area contributed by atoms with Crippen LogP contribution in [-0.4, -0.2) is 37.2 Å². The predicted octanol–water partition coefficient (Wildman–Crippen LogP) is 2.71. The van der Waals surface area contributed by atoms with Crippen molar-refractivity contribution in [2.75, 3.05) is 7.05 Å². The van der Waals surface area contributed by atoms with Gasteiger partial charge in [-0.3, -0.25) is 14.2 Å². The van der Waals surface area contributed by atoms with Gasteiger partial charge in [0, 0.05) is 45.2 Å². The number of carbonyl (C=O) groups is 1.